The number of nitrogens with zero attached hydrogens (tertiary/aromatic N) is 2. The average molecular weight is 245 g/mol. The topological polar surface area (TPSA) is 53.1 Å². The van der Waals surface area contributed by atoms with Crippen LogP contribution in [0.15, 0.2) is 36.8 Å². The molecule has 0 amide bonds. The number of aromatic nitrogens is 2. The number of imidazole rings is 1. The van der Waals surface area contributed by atoms with Crippen molar-refractivity contribution in [3.63, 3.8) is 0 Å². The Morgan fingerprint density at radius 2 is 2.22 bits per heavy atom. The highest BCUT2D eigenvalue weighted by Crippen LogP contribution is 2.21. The Morgan fingerprint density at radius 3 is 2.94 bits per heavy atom. The Bertz CT molecular complexity index is 507. The fourth-order valence-electron chi connectivity index (χ4n) is 1.89. The van der Waals surface area contributed by atoms with Crippen LogP contribution in [0, 0.1) is 0 Å². The normalized spacial score (nSPS) is 12.4. The summed E-state index contributed by atoms with van der Waals surface area (Å²) >= 11 is 0. The monoisotopic (exact) mass is 245 g/mol. The van der Waals surface area contributed by atoms with Gasteiger partial charge in [0.2, 0.25) is 0 Å². The summed E-state index contributed by atoms with van der Waals surface area (Å²) in [4.78, 5) is 4.19. The molecule has 0 aliphatic heterocycles. The number of benzene rings is 1. The Morgan fingerprint density at radius 1 is 1.39 bits per heavy atom. The van der Waals surface area contributed by atoms with E-state index in [0.717, 1.165) is 23.6 Å². The molecule has 1 aromatic carbocycles. The van der Waals surface area contributed by atoms with E-state index in [0.29, 0.717) is 6.61 Å². The number of hydrogen-bond acceptors (Lipinski definition) is 3. The molecular formula is C14H19N3O. The highest BCUT2D eigenvalue weighted by molar-refractivity contribution is 5.40. The number of hydrogen-bond donors (Lipinski definition) is 1. The molecule has 0 spiro atoms. The minimum atomic E-state index is 0.00301. The van der Waals surface area contributed by atoms with Gasteiger partial charge in [-0.25, -0.2) is 4.98 Å². The molecule has 4 heteroatoms. The van der Waals surface area contributed by atoms with Crippen LogP contribution in [-0.2, 0) is 0 Å². The van der Waals surface area contributed by atoms with E-state index in [4.69, 9.17) is 10.5 Å². The summed E-state index contributed by atoms with van der Waals surface area (Å²) in [5.41, 5.74) is 8.13. The minimum Gasteiger partial charge on any atom is -0.494 e. The summed E-state index contributed by atoms with van der Waals surface area (Å²) in [5, 5.41) is 0. The van der Waals surface area contributed by atoms with Gasteiger partial charge in [-0.2, -0.15) is 0 Å². The third kappa shape index (κ3) is 2.54. The van der Waals surface area contributed by atoms with Crippen molar-refractivity contribution in [3.05, 3.63) is 42.5 Å². The highest BCUT2D eigenvalue weighted by Gasteiger charge is 2.11. The van der Waals surface area contributed by atoms with Crippen LogP contribution < -0.4 is 10.5 Å². The molecule has 0 radical (unpaired) electrons. The average Bonchev–Trinajstić information content (AvgIpc) is 2.88. The first-order valence-electron chi connectivity index (χ1n) is 6.27. The Kier molecular flexibility index (Phi) is 3.99. The van der Waals surface area contributed by atoms with E-state index in [1.54, 1.807) is 6.33 Å². The molecule has 0 aliphatic rings. The van der Waals surface area contributed by atoms with Crippen molar-refractivity contribution in [2.24, 2.45) is 5.73 Å². The van der Waals surface area contributed by atoms with Gasteiger partial charge >= 0.3 is 0 Å². The maximum atomic E-state index is 6.08. The molecule has 0 bridgehead atoms. The predicted molar refractivity (Wildman–Crippen MR) is 72.0 cm³/mol. The van der Waals surface area contributed by atoms with Crippen molar-refractivity contribution >= 4 is 0 Å². The molecule has 96 valence electrons. The fraction of sp³-hybridized carbons (Fsp3) is 0.357. The van der Waals surface area contributed by atoms with Crippen molar-refractivity contribution in [1.82, 2.24) is 9.55 Å². The van der Waals surface area contributed by atoms with E-state index in [1.807, 2.05) is 42.0 Å². The van der Waals surface area contributed by atoms with Crippen LogP contribution in [-0.4, -0.2) is 16.2 Å². The summed E-state index contributed by atoms with van der Waals surface area (Å²) < 4.78 is 7.52. The van der Waals surface area contributed by atoms with Crippen molar-refractivity contribution in [3.8, 4) is 11.4 Å². The first-order valence-corrected chi connectivity index (χ1v) is 6.27. The van der Waals surface area contributed by atoms with E-state index in [-0.39, 0.29) is 6.04 Å². The molecule has 1 heterocycles. The molecule has 2 N–H and O–H groups in total. The van der Waals surface area contributed by atoms with Gasteiger partial charge in [0.15, 0.2) is 0 Å². The van der Waals surface area contributed by atoms with Crippen molar-refractivity contribution in [1.29, 1.82) is 0 Å². The molecule has 4 nitrogen and oxygen atoms in total. The number of nitrogens with two attached hydrogens (primary N) is 1. The summed E-state index contributed by atoms with van der Waals surface area (Å²) in [5.74, 6) is 0.861. The van der Waals surface area contributed by atoms with Gasteiger partial charge < -0.3 is 15.0 Å². The van der Waals surface area contributed by atoms with Crippen LogP contribution in [0.3, 0.4) is 0 Å². The van der Waals surface area contributed by atoms with Crippen LogP contribution in [0.5, 0.6) is 5.75 Å². The van der Waals surface area contributed by atoms with E-state index < -0.39 is 0 Å². The van der Waals surface area contributed by atoms with Crippen molar-refractivity contribution < 1.29 is 4.74 Å². The quantitative estimate of drug-likeness (QED) is 0.881. The lowest BCUT2D eigenvalue weighted by molar-refractivity contribution is 0.340. The molecule has 0 saturated carbocycles. The zero-order valence-electron chi connectivity index (χ0n) is 10.8. The van der Waals surface area contributed by atoms with Gasteiger partial charge in [0.25, 0.3) is 0 Å². The maximum Gasteiger partial charge on any atom is 0.121 e. The van der Waals surface area contributed by atoms with Crippen LogP contribution in [0.25, 0.3) is 5.69 Å². The van der Waals surface area contributed by atoms with Gasteiger partial charge in [0, 0.05) is 12.1 Å². The van der Waals surface area contributed by atoms with Gasteiger partial charge in [0.1, 0.15) is 5.75 Å². The maximum absolute atomic E-state index is 6.08. The second-order valence-electron chi connectivity index (χ2n) is 4.13. The Hall–Kier alpha value is -1.81. The molecule has 1 aromatic heterocycles. The van der Waals surface area contributed by atoms with Gasteiger partial charge in [-0.1, -0.05) is 13.0 Å². The highest BCUT2D eigenvalue weighted by atomic mass is 16.5. The molecule has 0 saturated heterocycles. The zero-order chi connectivity index (χ0) is 13.0. The molecule has 2 rings (SSSR count). The first-order chi connectivity index (χ1) is 8.76. The third-order valence-corrected chi connectivity index (χ3v) is 2.89. The van der Waals surface area contributed by atoms with Gasteiger partial charge in [-0.15, -0.1) is 0 Å². The van der Waals surface area contributed by atoms with Crippen LogP contribution in [0.1, 0.15) is 32.0 Å². The van der Waals surface area contributed by atoms with Gasteiger partial charge in [-0.3, -0.25) is 0 Å². The van der Waals surface area contributed by atoms with Gasteiger partial charge in [-0.05, 0) is 25.5 Å². The molecule has 0 unspecified atom stereocenters. The Labute approximate surface area is 107 Å². The SMILES string of the molecule is CCOc1cccc(-n2cncc2[C@H](N)CC)c1. The fourth-order valence-corrected chi connectivity index (χ4v) is 1.89. The van der Waals surface area contributed by atoms with E-state index in [1.165, 1.54) is 0 Å². The van der Waals surface area contributed by atoms with E-state index >= 15 is 0 Å². The number of rotatable bonds is 5. The summed E-state index contributed by atoms with van der Waals surface area (Å²) in [6, 6.07) is 7.95. The predicted octanol–water partition coefficient (Wildman–Crippen LogP) is 2.68. The largest absolute Gasteiger partial charge is 0.494 e. The molecule has 18 heavy (non-hydrogen) atoms. The minimum absolute atomic E-state index is 0.00301. The lowest BCUT2D eigenvalue weighted by Crippen LogP contribution is -2.13. The second kappa shape index (κ2) is 5.69. The van der Waals surface area contributed by atoms with Crippen LogP contribution in [0.4, 0.5) is 0 Å². The lowest BCUT2D eigenvalue weighted by Gasteiger charge is -2.13. The lowest BCUT2D eigenvalue weighted by atomic mass is 10.2. The van der Waals surface area contributed by atoms with Crippen LogP contribution in [0.2, 0.25) is 0 Å². The molecule has 0 fully saturated rings. The van der Waals surface area contributed by atoms with Gasteiger partial charge in [0.05, 0.1) is 30.5 Å². The summed E-state index contributed by atoms with van der Waals surface area (Å²) in [6.07, 6.45) is 4.49. The summed E-state index contributed by atoms with van der Waals surface area (Å²) in [6.45, 7) is 4.70. The Balaban J connectivity index is 2.36. The van der Waals surface area contributed by atoms with Crippen molar-refractivity contribution in [2.75, 3.05) is 6.61 Å². The zero-order valence-corrected chi connectivity index (χ0v) is 10.8. The summed E-state index contributed by atoms with van der Waals surface area (Å²) in [7, 11) is 0. The first kappa shape index (κ1) is 12.6. The molecule has 0 aliphatic carbocycles. The molecule has 2 aromatic rings. The standard InChI is InChI=1S/C14H19N3O/c1-3-13(15)14-9-16-10-17(14)11-6-5-7-12(8-11)18-4-2/h5-10,13H,3-4,15H2,1-2H3/t13-/m1/s1. The van der Waals surface area contributed by atoms with E-state index in [2.05, 4.69) is 11.9 Å². The molecular weight excluding hydrogens is 226 g/mol. The number of ether oxygens (including phenoxy) is 1. The molecule has 1 atom stereocenters. The van der Waals surface area contributed by atoms with Crippen molar-refractivity contribution in [2.45, 2.75) is 26.3 Å². The second-order valence-corrected chi connectivity index (χ2v) is 4.13. The van der Waals surface area contributed by atoms with E-state index in [9.17, 15) is 0 Å². The third-order valence-electron chi connectivity index (χ3n) is 2.89. The smallest absolute Gasteiger partial charge is 0.121 e. The van der Waals surface area contributed by atoms with Crippen LogP contribution >= 0.6 is 0 Å².